The van der Waals surface area contributed by atoms with Crippen molar-refractivity contribution in [2.45, 2.75) is 44.2 Å². The summed E-state index contributed by atoms with van der Waals surface area (Å²) in [5.41, 5.74) is 0. The molecular formula is C11H21N2O+. The van der Waals surface area contributed by atoms with Crippen LogP contribution in [-0.2, 0) is 4.79 Å². The van der Waals surface area contributed by atoms with Gasteiger partial charge in [-0.05, 0) is 19.3 Å². The molecular weight excluding hydrogens is 176 g/mol. The number of rotatable bonds is 0. The zero-order chi connectivity index (χ0) is 10.2. The zero-order valence-corrected chi connectivity index (χ0v) is 9.25. The van der Waals surface area contributed by atoms with Gasteiger partial charge in [-0.25, -0.2) is 0 Å². The number of hydrogen-bond donors (Lipinski definition) is 1. The highest BCUT2D eigenvalue weighted by molar-refractivity contribution is 5.76. The normalized spacial score (nSPS) is 36.9. The van der Waals surface area contributed by atoms with Crippen LogP contribution in [0.5, 0.6) is 0 Å². The van der Waals surface area contributed by atoms with Crippen molar-refractivity contribution in [2.24, 2.45) is 0 Å². The number of quaternary nitrogens is 1. The topological polar surface area (TPSA) is 29.1 Å². The summed E-state index contributed by atoms with van der Waals surface area (Å²) in [6.07, 6.45) is 5.85. The average molecular weight is 197 g/mol. The Morgan fingerprint density at radius 3 is 2.57 bits per heavy atom. The number of amides is 1. The molecule has 0 aliphatic carbocycles. The van der Waals surface area contributed by atoms with Crippen molar-refractivity contribution < 1.29 is 9.28 Å². The SMILES string of the molecule is C[N+]1(C)[C@@H]2CCCC[C@@H]1CC(=O)NC2. The molecule has 0 radical (unpaired) electrons. The highest BCUT2D eigenvalue weighted by Gasteiger charge is 2.41. The molecule has 0 aromatic heterocycles. The summed E-state index contributed by atoms with van der Waals surface area (Å²) in [6.45, 7) is 0.877. The summed E-state index contributed by atoms with van der Waals surface area (Å²) in [5.74, 6) is 0.255. The lowest BCUT2D eigenvalue weighted by Crippen LogP contribution is -2.55. The highest BCUT2D eigenvalue weighted by Crippen LogP contribution is 2.29. The summed E-state index contributed by atoms with van der Waals surface area (Å²) in [5, 5.41) is 3.04. The van der Waals surface area contributed by atoms with Crippen molar-refractivity contribution in [2.75, 3.05) is 20.6 Å². The molecule has 2 rings (SSSR count). The first-order valence-corrected chi connectivity index (χ1v) is 5.71. The lowest BCUT2D eigenvalue weighted by Gasteiger charge is -2.40. The van der Waals surface area contributed by atoms with Crippen LogP contribution in [0.2, 0.25) is 0 Å². The minimum Gasteiger partial charge on any atom is -0.350 e. The third kappa shape index (κ3) is 1.65. The van der Waals surface area contributed by atoms with Crippen LogP contribution in [0.15, 0.2) is 0 Å². The molecule has 2 fully saturated rings. The quantitative estimate of drug-likeness (QED) is 0.574. The van der Waals surface area contributed by atoms with Gasteiger partial charge in [-0.2, -0.15) is 0 Å². The lowest BCUT2D eigenvalue weighted by molar-refractivity contribution is -0.935. The maximum atomic E-state index is 11.5. The van der Waals surface area contributed by atoms with E-state index in [9.17, 15) is 4.79 Å². The molecule has 2 bridgehead atoms. The second-order valence-corrected chi connectivity index (χ2v) is 5.23. The van der Waals surface area contributed by atoms with E-state index in [-0.39, 0.29) is 5.91 Å². The Kier molecular flexibility index (Phi) is 2.52. The van der Waals surface area contributed by atoms with Gasteiger partial charge in [0, 0.05) is 6.42 Å². The summed E-state index contributed by atoms with van der Waals surface area (Å²) in [4.78, 5) is 11.5. The molecule has 0 spiro atoms. The minimum absolute atomic E-state index is 0.255. The number of nitrogens with one attached hydrogen (secondary N) is 1. The Morgan fingerprint density at radius 2 is 1.86 bits per heavy atom. The lowest BCUT2D eigenvalue weighted by atomic mass is 10.1. The van der Waals surface area contributed by atoms with Crippen LogP contribution < -0.4 is 5.32 Å². The van der Waals surface area contributed by atoms with Gasteiger partial charge in [0.25, 0.3) is 0 Å². The van der Waals surface area contributed by atoms with Crippen LogP contribution in [0.1, 0.15) is 32.1 Å². The molecule has 0 saturated carbocycles. The second kappa shape index (κ2) is 3.54. The summed E-state index contributed by atoms with van der Waals surface area (Å²) in [6, 6.07) is 1.18. The van der Waals surface area contributed by atoms with Gasteiger partial charge >= 0.3 is 0 Å². The molecule has 3 heteroatoms. The molecule has 1 N–H and O–H groups in total. The molecule has 0 unspecified atom stereocenters. The predicted molar refractivity (Wildman–Crippen MR) is 55.8 cm³/mol. The van der Waals surface area contributed by atoms with Crippen molar-refractivity contribution in [3.63, 3.8) is 0 Å². The second-order valence-electron chi connectivity index (χ2n) is 5.23. The van der Waals surface area contributed by atoms with E-state index in [2.05, 4.69) is 19.4 Å². The van der Waals surface area contributed by atoms with E-state index < -0.39 is 0 Å². The maximum Gasteiger partial charge on any atom is 0.226 e. The van der Waals surface area contributed by atoms with E-state index in [4.69, 9.17) is 0 Å². The number of carbonyl (C=O) groups is 1. The largest absolute Gasteiger partial charge is 0.350 e. The molecule has 1 amide bonds. The van der Waals surface area contributed by atoms with Crippen molar-refractivity contribution in [3.05, 3.63) is 0 Å². The number of carbonyl (C=O) groups excluding carboxylic acids is 1. The van der Waals surface area contributed by atoms with Crippen LogP contribution in [0.25, 0.3) is 0 Å². The van der Waals surface area contributed by atoms with Gasteiger partial charge in [-0.1, -0.05) is 0 Å². The fraction of sp³-hybridized carbons (Fsp3) is 0.909. The van der Waals surface area contributed by atoms with E-state index in [1.807, 2.05) is 0 Å². The van der Waals surface area contributed by atoms with E-state index in [1.165, 1.54) is 25.7 Å². The van der Waals surface area contributed by atoms with Crippen LogP contribution in [0.4, 0.5) is 0 Å². The van der Waals surface area contributed by atoms with Gasteiger partial charge in [0.2, 0.25) is 5.91 Å². The van der Waals surface area contributed by atoms with Crippen LogP contribution in [0.3, 0.4) is 0 Å². The number of nitrogens with zero attached hydrogens (tertiary/aromatic N) is 1. The Hall–Kier alpha value is -0.570. The van der Waals surface area contributed by atoms with E-state index in [0.29, 0.717) is 12.1 Å². The molecule has 0 aromatic rings. The van der Waals surface area contributed by atoms with Crippen molar-refractivity contribution >= 4 is 5.91 Å². The molecule has 80 valence electrons. The van der Waals surface area contributed by atoms with E-state index in [1.54, 1.807) is 0 Å². The summed E-state index contributed by atoms with van der Waals surface area (Å²) >= 11 is 0. The fourth-order valence-corrected chi connectivity index (χ4v) is 2.92. The molecule has 2 saturated heterocycles. The predicted octanol–water partition coefficient (Wildman–Crippen LogP) is 0.894. The first-order valence-electron chi connectivity index (χ1n) is 5.71. The van der Waals surface area contributed by atoms with Gasteiger partial charge in [0.15, 0.2) is 0 Å². The first kappa shape index (κ1) is 9.97. The number of hydrogen-bond acceptors (Lipinski definition) is 1. The van der Waals surface area contributed by atoms with Crippen molar-refractivity contribution in [1.29, 1.82) is 0 Å². The fourth-order valence-electron chi connectivity index (χ4n) is 2.92. The smallest absolute Gasteiger partial charge is 0.226 e. The van der Waals surface area contributed by atoms with Crippen molar-refractivity contribution in [1.82, 2.24) is 5.32 Å². The standard InChI is InChI=1S/C11H20N2O/c1-13(2)9-5-3-4-6-10(13)8-12-11(14)7-9/h9-10H,3-8H2,1-2H3/p+1/t9-,10-/m1/s1. The Labute approximate surface area is 86.1 Å². The molecule has 3 nitrogen and oxygen atoms in total. The summed E-state index contributed by atoms with van der Waals surface area (Å²) < 4.78 is 1.04. The first-order chi connectivity index (χ1) is 6.60. The number of fused-ring (bicyclic) bond motifs is 2. The Balaban J connectivity index is 2.25. The van der Waals surface area contributed by atoms with Gasteiger partial charge in [0.05, 0.1) is 33.1 Å². The Morgan fingerprint density at radius 1 is 1.21 bits per heavy atom. The Bertz CT molecular complexity index is 237. The van der Waals surface area contributed by atoms with E-state index >= 15 is 0 Å². The monoisotopic (exact) mass is 197 g/mol. The molecule has 2 heterocycles. The van der Waals surface area contributed by atoms with Crippen LogP contribution in [-0.4, -0.2) is 43.1 Å². The minimum atomic E-state index is 0.255. The maximum absolute atomic E-state index is 11.5. The molecule has 2 aliphatic heterocycles. The highest BCUT2D eigenvalue weighted by atomic mass is 16.1. The average Bonchev–Trinajstić information content (AvgIpc) is 2.32. The van der Waals surface area contributed by atoms with Gasteiger partial charge in [0.1, 0.15) is 6.04 Å². The van der Waals surface area contributed by atoms with E-state index in [0.717, 1.165) is 17.4 Å². The zero-order valence-electron chi connectivity index (χ0n) is 9.25. The van der Waals surface area contributed by atoms with Crippen LogP contribution in [0, 0.1) is 0 Å². The summed E-state index contributed by atoms with van der Waals surface area (Å²) in [7, 11) is 4.59. The van der Waals surface area contributed by atoms with Gasteiger partial charge in [-0.15, -0.1) is 0 Å². The van der Waals surface area contributed by atoms with Gasteiger partial charge < -0.3 is 9.80 Å². The third-order valence-electron chi connectivity index (χ3n) is 4.16. The third-order valence-corrected chi connectivity index (χ3v) is 4.16. The molecule has 14 heavy (non-hydrogen) atoms. The van der Waals surface area contributed by atoms with Crippen molar-refractivity contribution in [3.8, 4) is 0 Å². The van der Waals surface area contributed by atoms with Crippen LogP contribution >= 0.6 is 0 Å². The molecule has 0 aromatic carbocycles. The number of likely N-dealkylation sites (N-methyl/N-ethyl adjacent to an activating group) is 1. The van der Waals surface area contributed by atoms with Gasteiger partial charge in [-0.3, -0.25) is 4.79 Å². The molecule has 2 atom stereocenters. The molecule has 2 aliphatic rings.